The molecule has 0 radical (unpaired) electrons. The van der Waals surface area contributed by atoms with Gasteiger partial charge >= 0.3 is 0 Å². The van der Waals surface area contributed by atoms with Crippen LogP contribution in [-0.2, 0) is 19.6 Å². The Morgan fingerprint density at radius 3 is 2.90 bits per heavy atom. The second-order valence-electron chi connectivity index (χ2n) is 4.68. The zero-order valence-corrected chi connectivity index (χ0v) is 12.6. The number of nitrogens with two attached hydrogens (primary N) is 1. The molecule has 2 aromatic rings. The molecule has 0 saturated carbocycles. The number of para-hydroxylation sites is 1. The molecule has 6 heteroatoms. The third-order valence-electron chi connectivity index (χ3n) is 3.17. The molecule has 0 atom stereocenters. The van der Waals surface area contributed by atoms with Crippen LogP contribution in [0.1, 0.15) is 24.7 Å². The summed E-state index contributed by atoms with van der Waals surface area (Å²) in [6, 6.07) is 5.82. The molecule has 1 heterocycles. The molecule has 6 nitrogen and oxygen atoms in total. The molecule has 1 aromatic heterocycles. The Hall–Kier alpha value is -2.08. The lowest BCUT2D eigenvalue weighted by Gasteiger charge is -2.14. The van der Waals surface area contributed by atoms with Gasteiger partial charge in [0, 0.05) is 6.54 Å². The summed E-state index contributed by atoms with van der Waals surface area (Å²) < 4.78 is 13.2. The van der Waals surface area contributed by atoms with Crippen LogP contribution in [0.4, 0.5) is 0 Å². The van der Waals surface area contributed by atoms with Crippen LogP contribution in [0.5, 0.6) is 11.5 Å². The number of aryl methyl sites for hydroxylation is 1. The van der Waals surface area contributed by atoms with Gasteiger partial charge in [0.15, 0.2) is 17.3 Å². The van der Waals surface area contributed by atoms with E-state index in [1.54, 1.807) is 13.4 Å². The molecule has 2 N–H and O–H groups in total. The van der Waals surface area contributed by atoms with Crippen molar-refractivity contribution in [3.8, 4) is 11.5 Å². The zero-order valence-electron chi connectivity index (χ0n) is 12.6. The maximum atomic E-state index is 5.94. The topological polar surface area (TPSA) is 75.2 Å². The number of ether oxygens (including phenoxy) is 2. The molecule has 21 heavy (non-hydrogen) atoms. The third kappa shape index (κ3) is 3.72. The van der Waals surface area contributed by atoms with E-state index in [4.69, 9.17) is 15.2 Å². The molecule has 114 valence electrons. The van der Waals surface area contributed by atoms with Gasteiger partial charge in [0.25, 0.3) is 0 Å². The van der Waals surface area contributed by atoms with E-state index >= 15 is 0 Å². The number of rotatable bonds is 8. The SMILES string of the molecule is CCCn1ncnc1COc1c(CCN)cccc1OC. The molecule has 0 spiro atoms. The second-order valence-corrected chi connectivity index (χ2v) is 4.68. The first-order valence-electron chi connectivity index (χ1n) is 7.15. The van der Waals surface area contributed by atoms with E-state index in [-0.39, 0.29) is 0 Å². The second kappa shape index (κ2) is 7.64. The molecule has 0 unspecified atom stereocenters. The molecule has 0 aliphatic rings. The van der Waals surface area contributed by atoms with Gasteiger partial charge in [-0.25, -0.2) is 9.67 Å². The average Bonchev–Trinajstić information content (AvgIpc) is 2.94. The van der Waals surface area contributed by atoms with Crippen LogP contribution in [0.15, 0.2) is 24.5 Å². The van der Waals surface area contributed by atoms with Crippen molar-refractivity contribution in [3.05, 3.63) is 35.9 Å². The van der Waals surface area contributed by atoms with Crippen molar-refractivity contribution in [2.24, 2.45) is 5.73 Å². The highest BCUT2D eigenvalue weighted by Crippen LogP contribution is 2.31. The van der Waals surface area contributed by atoms with Crippen LogP contribution in [0.25, 0.3) is 0 Å². The fourth-order valence-corrected chi connectivity index (χ4v) is 2.17. The number of hydrogen-bond donors (Lipinski definition) is 1. The fraction of sp³-hybridized carbons (Fsp3) is 0.467. The van der Waals surface area contributed by atoms with E-state index in [2.05, 4.69) is 17.0 Å². The van der Waals surface area contributed by atoms with Gasteiger partial charge < -0.3 is 15.2 Å². The maximum absolute atomic E-state index is 5.94. The minimum Gasteiger partial charge on any atom is -0.493 e. The Labute approximate surface area is 124 Å². The van der Waals surface area contributed by atoms with Crippen molar-refractivity contribution < 1.29 is 9.47 Å². The minimum atomic E-state index is 0.359. The van der Waals surface area contributed by atoms with Gasteiger partial charge in [-0.05, 0) is 31.0 Å². The predicted molar refractivity (Wildman–Crippen MR) is 80.4 cm³/mol. The first kappa shape index (κ1) is 15.3. The molecular weight excluding hydrogens is 268 g/mol. The van der Waals surface area contributed by atoms with E-state index in [0.29, 0.717) is 18.9 Å². The smallest absolute Gasteiger partial charge is 0.165 e. The number of nitrogens with zero attached hydrogens (tertiary/aromatic N) is 3. The van der Waals surface area contributed by atoms with Gasteiger partial charge in [0.1, 0.15) is 12.9 Å². The lowest BCUT2D eigenvalue weighted by molar-refractivity contribution is 0.266. The molecule has 0 aliphatic heterocycles. The fourth-order valence-electron chi connectivity index (χ4n) is 2.17. The molecule has 2 rings (SSSR count). The minimum absolute atomic E-state index is 0.359. The van der Waals surface area contributed by atoms with Crippen LogP contribution in [-0.4, -0.2) is 28.4 Å². The van der Waals surface area contributed by atoms with E-state index in [1.165, 1.54) is 0 Å². The first-order valence-corrected chi connectivity index (χ1v) is 7.15. The van der Waals surface area contributed by atoms with E-state index in [0.717, 1.165) is 36.5 Å². The van der Waals surface area contributed by atoms with Crippen molar-refractivity contribution in [2.75, 3.05) is 13.7 Å². The van der Waals surface area contributed by atoms with Crippen LogP contribution in [0.2, 0.25) is 0 Å². The standard InChI is InChI=1S/C15H22N4O2/c1-3-9-19-14(17-11-18-19)10-21-15-12(7-8-16)5-4-6-13(15)20-2/h4-6,11H,3,7-10,16H2,1-2H3. The molecule has 0 saturated heterocycles. The van der Waals surface area contributed by atoms with Crippen LogP contribution in [0.3, 0.4) is 0 Å². The summed E-state index contributed by atoms with van der Waals surface area (Å²) >= 11 is 0. The van der Waals surface area contributed by atoms with E-state index in [1.807, 2.05) is 22.9 Å². The van der Waals surface area contributed by atoms with Crippen LogP contribution >= 0.6 is 0 Å². The van der Waals surface area contributed by atoms with Gasteiger partial charge in [-0.15, -0.1) is 0 Å². The third-order valence-corrected chi connectivity index (χ3v) is 3.17. The first-order chi connectivity index (χ1) is 10.3. The average molecular weight is 290 g/mol. The maximum Gasteiger partial charge on any atom is 0.165 e. The van der Waals surface area contributed by atoms with Crippen molar-refractivity contribution in [1.29, 1.82) is 0 Å². The van der Waals surface area contributed by atoms with Crippen molar-refractivity contribution in [2.45, 2.75) is 32.9 Å². The summed E-state index contributed by atoms with van der Waals surface area (Å²) in [5, 5.41) is 4.19. The quantitative estimate of drug-likeness (QED) is 0.802. The number of benzene rings is 1. The molecule has 0 amide bonds. The van der Waals surface area contributed by atoms with Crippen molar-refractivity contribution in [1.82, 2.24) is 14.8 Å². The van der Waals surface area contributed by atoms with Gasteiger partial charge in [-0.2, -0.15) is 5.10 Å². The molecule has 0 bridgehead atoms. The van der Waals surface area contributed by atoms with Gasteiger partial charge in [-0.3, -0.25) is 0 Å². The highest BCUT2D eigenvalue weighted by molar-refractivity contribution is 5.46. The highest BCUT2D eigenvalue weighted by Gasteiger charge is 2.12. The Morgan fingerprint density at radius 2 is 2.19 bits per heavy atom. The largest absolute Gasteiger partial charge is 0.493 e. The van der Waals surface area contributed by atoms with E-state index < -0.39 is 0 Å². The number of hydrogen-bond acceptors (Lipinski definition) is 5. The highest BCUT2D eigenvalue weighted by atomic mass is 16.5. The van der Waals surface area contributed by atoms with Crippen LogP contribution in [0, 0.1) is 0 Å². The summed E-state index contributed by atoms with van der Waals surface area (Å²) in [6.45, 7) is 3.86. The summed E-state index contributed by atoms with van der Waals surface area (Å²) in [5.41, 5.74) is 6.69. The lowest BCUT2D eigenvalue weighted by Crippen LogP contribution is -2.10. The lowest BCUT2D eigenvalue weighted by atomic mass is 10.1. The summed E-state index contributed by atoms with van der Waals surface area (Å²) in [4.78, 5) is 4.24. The van der Waals surface area contributed by atoms with Gasteiger partial charge in [0.2, 0.25) is 0 Å². The van der Waals surface area contributed by atoms with Crippen molar-refractivity contribution in [3.63, 3.8) is 0 Å². The molecule has 0 aliphatic carbocycles. The Kier molecular flexibility index (Phi) is 5.57. The van der Waals surface area contributed by atoms with Crippen LogP contribution < -0.4 is 15.2 Å². The van der Waals surface area contributed by atoms with Gasteiger partial charge in [0.05, 0.1) is 7.11 Å². The van der Waals surface area contributed by atoms with E-state index in [9.17, 15) is 0 Å². The Morgan fingerprint density at radius 1 is 1.33 bits per heavy atom. The Balaban J connectivity index is 2.16. The molecule has 1 aromatic carbocycles. The number of aromatic nitrogens is 3. The predicted octanol–water partition coefficient (Wildman–Crippen LogP) is 1.78. The summed E-state index contributed by atoms with van der Waals surface area (Å²) in [7, 11) is 1.63. The molecular formula is C15H22N4O2. The zero-order chi connectivity index (χ0) is 15.1. The Bertz CT molecular complexity index is 569. The molecule has 0 fully saturated rings. The van der Waals surface area contributed by atoms with Crippen molar-refractivity contribution >= 4 is 0 Å². The summed E-state index contributed by atoms with van der Waals surface area (Å²) in [5.74, 6) is 2.25. The summed E-state index contributed by atoms with van der Waals surface area (Å²) in [6.07, 6.45) is 3.30. The monoisotopic (exact) mass is 290 g/mol. The normalized spacial score (nSPS) is 10.6. The van der Waals surface area contributed by atoms with Gasteiger partial charge in [-0.1, -0.05) is 19.1 Å². The number of methoxy groups -OCH3 is 1.